The molecule has 0 spiro atoms. The summed E-state index contributed by atoms with van der Waals surface area (Å²) in [5.74, 6) is 2.38. The number of hydrogen-bond donors (Lipinski definition) is 1. The van der Waals surface area contributed by atoms with Crippen LogP contribution in [0.1, 0.15) is 110 Å². The lowest BCUT2D eigenvalue weighted by atomic mass is 10.0. The highest BCUT2D eigenvalue weighted by Crippen LogP contribution is 2.45. The molecule has 1 fully saturated rings. The van der Waals surface area contributed by atoms with Crippen molar-refractivity contribution in [3.05, 3.63) is 0 Å². The number of amides is 1. The van der Waals surface area contributed by atoms with Crippen molar-refractivity contribution in [3.8, 4) is 0 Å². The molecule has 0 radical (unpaired) electrons. The average Bonchev–Trinajstić information content (AvgIpc) is 3.39. The lowest BCUT2D eigenvalue weighted by molar-refractivity contribution is -0.121. The quantitative estimate of drug-likeness (QED) is 0.272. The molecule has 0 aliphatic heterocycles. The standard InChI is InChI=1S/C24H48N2O/c1-4-5-6-7-9-12-16-22-21-23(22)17-13-10-8-11-14-18-24(27)25-19-15-20-26(2)3/h22-23H,4-21H2,1-3H3,(H,25,27). The third kappa shape index (κ3) is 15.1. The van der Waals surface area contributed by atoms with Crippen LogP contribution in [0, 0.1) is 11.8 Å². The fraction of sp³-hybridized carbons (Fsp3) is 0.958. The molecule has 1 aliphatic carbocycles. The summed E-state index contributed by atoms with van der Waals surface area (Å²) in [6.07, 6.45) is 21.2. The third-order valence-electron chi connectivity index (χ3n) is 6.08. The zero-order valence-corrected chi connectivity index (χ0v) is 18.7. The van der Waals surface area contributed by atoms with Crippen molar-refractivity contribution in [2.45, 2.75) is 110 Å². The van der Waals surface area contributed by atoms with Crippen molar-refractivity contribution in [1.82, 2.24) is 10.2 Å². The van der Waals surface area contributed by atoms with Gasteiger partial charge in [0.15, 0.2) is 0 Å². The Bertz CT molecular complexity index is 356. The van der Waals surface area contributed by atoms with Gasteiger partial charge >= 0.3 is 0 Å². The molecule has 1 N–H and O–H groups in total. The Morgan fingerprint density at radius 3 is 1.96 bits per heavy atom. The molecule has 0 bridgehead atoms. The molecule has 0 heterocycles. The van der Waals surface area contributed by atoms with E-state index < -0.39 is 0 Å². The van der Waals surface area contributed by atoms with Crippen LogP contribution in [0.5, 0.6) is 0 Å². The van der Waals surface area contributed by atoms with Gasteiger partial charge in [0.25, 0.3) is 0 Å². The van der Waals surface area contributed by atoms with E-state index in [0.29, 0.717) is 6.42 Å². The molecule has 1 rings (SSSR count). The Hall–Kier alpha value is -0.570. The first-order valence-electron chi connectivity index (χ1n) is 12.0. The van der Waals surface area contributed by atoms with Gasteiger partial charge in [-0.25, -0.2) is 0 Å². The highest BCUT2D eigenvalue weighted by molar-refractivity contribution is 5.75. The van der Waals surface area contributed by atoms with Crippen LogP contribution in [-0.2, 0) is 4.79 Å². The fourth-order valence-corrected chi connectivity index (χ4v) is 4.14. The Balaban J connectivity index is 1.78. The Labute approximate surface area is 170 Å². The summed E-state index contributed by atoms with van der Waals surface area (Å²) in [5, 5.41) is 3.03. The van der Waals surface area contributed by atoms with Crippen LogP contribution in [-0.4, -0.2) is 38.0 Å². The maximum Gasteiger partial charge on any atom is 0.219 e. The van der Waals surface area contributed by atoms with Crippen LogP contribution >= 0.6 is 0 Å². The highest BCUT2D eigenvalue weighted by Gasteiger charge is 2.34. The van der Waals surface area contributed by atoms with Crippen LogP contribution in [0.25, 0.3) is 0 Å². The van der Waals surface area contributed by atoms with Gasteiger partial charge in [-0.1, -0.05) is 84.0 Å². The van der Waals surface area contributed by atoms with Gasteiger partial charge in [-0.05, 0) is 51.7 Å². The minimum atomic E-state index is 0.240. The van der Waals surface area contributed by atoms with E-state index in [2.05, 4.69) is 31.2 Å². The Morgan fingerprint density at radius 2 is 1.37 bits per heavy atom. The van der Waals surface area contributed by atoms with Gasteiger partial charge in [0.2, 0.25) is 5.91 Å². The first kappa shape index (κ1) is 24.5. The zero-order valence-electron chi connectivity index (χ0n) is 18.7. The van der Waals surface area contributed by atoms with Gasteiger partial charge in [-0.3, -0.25) is 4.79 Å². The van der Waals surface area contributed by atoms with Gasteiger partial charge in [0.1, 0.15) is 0 Å². The van der Waals surface area contributed by atoms with E-state index in [1.54, 1.807) is 0 Å². The molecule has 1 aliphatic rings. The maximum absolute atomic E-state index is 11.7. The molecule has 3 heteroatoms. The summed E-state index contributed by atoms with van der Waals surface area (Å²) >= 11 is 0. The van der Waals surface area contributed by atoms with E-state index in [1.807, 2.05) is 0 Å². The number of rotatable bonds is 19. The maximum atomic E-state index is 11.7. The number of nitrogens with one attached hydrogen (secondary N) is 1. The molecule has 0 aromatic heterocycles. The second kappa shape index (κ2) is 16.4. The second-order valence-electron chi connectivity index (χ2n) is 9.13. The van der Waals surface area contributed by atoms with Gasteiger partial charge < -0.3 is 10.2 Å². The summed E-state index contributed by atoms with van der Waals surface area (Å²) in [7, 11) is 4.14. The molecular formula is C24H48N2O. The van der Waals surface area contributed by atoms with Crippen molar-refractivity contribution >= 4 is 5.91 Å². The average molecular weight is 381 g/mol. The number of carbonyl (C=O) groups is 1. The lowest BCUT2D eigenvalue weighted by Crippen LogP contribution is -2.26. The van der Waals surface area contributed by atoms with Crippen molar-refractivity contribution in [3.63, 3.8) is 0 Å². The van der Waals surface area contributed by atoms with E-state index in [1.165, 1.54) is 83.5 Å². The smallest absolute Gasteiger partial charge is 0.219 e. The largest absolute Gasteiger partial charge is 0.356 e. The summed E-state index contributed by atoms with van der Waals surface area (Å²) in [6.45, 7) is 4.15. The Kier molecular flexibility index (Phi) is 14.9. The van der Waals surface area contributed by atoms with Crippen molar-refractivity contribution in [2.24, 2.45) is 11.8 Å². The second-order valence-corrected chi connectivity index (χ2v) is 9.13. The minimum absolute atomic E-state index is 0.240. The van der Waals surface area contributed by atoms with E-state index in [-0.39, 0.29) is 5.91 Å². The Morgan fingerprint density at radius 1 is 0.815 bits per heavy atom. The van der Waals surface area contributed by atoms with E-state index in [9.17, 15) is 4.79 Å². The van der Waals surface area contributed by atoms with Crippen LogP contribution in [0.15, 0.2) is 0 Å². The number of nitrogens with zero attached hydrogens (tertiary/aromatic N) is 1. The topological polar surface area (TPSA) is 32.3 Å². The molecule has 160 valence electrons. The molecule has 2 atom stereocenters. The van der Waals surface area contributed by atoms with Crippen LogP contribution < -0.4 is 5.32 Å². The summed E-state index contributed by atoms with van der Waals surface area (Å²) in [5.41, 5.74) is 0. The minimum Gasteiger partial charge on any atom is -0.356 e. The molecule has 1 saturated carbocycles. The summed E-state index contributed by atoms with van der Waals surface area (Å²) < 4.78 is 0. The van der Waals surface area contributed by atoms with Crippen molar-refractivity contribution in [1.29, 1.82) is 0 Å². The van der Waals surface area contributed by atoms with Crippen LogP contribution in [0.3, 0.4) is 0 Å². The molecule has 27 heavy (non-hydrogen) atoms. The molecule has 0 aromatic carbocycles. The number of hydrogen-bond acceptors (Lipinski definition) is 2. The first-order valence-corrected chi connectivity index (χ1v) is 12.0. The van der Waals surface area contributed by atoms with Crippen molar-refractivity contribution in [2.75, 3.05) is 27.2 Å². The third-order valence-corrected chi connectivity index (χ3v) is 6.08. The van der Waals surface area contributed by atoms with E-state index >= 15 is 0 Å². The monoisotopic (exact) mass is 380 g/mol. The fourth-order valence-electron chi connectivity index (χ4n) is 4.14. The van der Waals surface area contributed by atoms with E-state index in [0.717, 1.165) is 37.8 Å². The van der Waals surface area contributed by atoms with Gasteiger partial charge in [-0.15, -0.1) is 0 Å². The molecule has 0 saturated heterocycles. The normalized spacial score (nSPS) is 18.8. The zero-order chi connectivity index (χ0) is 19.7. The van der Waals surface area contributed by atoms with E-state index in [4.69, 9.17) is 0 Å². The number of unbranched alkanes of at least 4 members (excludes halogenated alkanes) is 9. The first-order chi connectivity index (χ1) is 13.1. The molecule has 0 aromatic rings. The highest BCUT2D eigenvalue weighted by atomic mass is 16.1. The molecular weight excluding hydrogens is 332 g/mol. The van der Waals surface area contributed by atoms with Crippen molar-refractivity contribution < 1.29 is 4.79 Å². The number of carbonyl (C=O) groups excluding carboxylic acids is 1. The molecule has 3 nitrogen and oxygen atoms in total. The van der Waals surface area contributed by atoms with Crippen LogP contribution in [0.2, 0.25) is 0 Å². The predicted molar refractivity (Wildman–Crippen MR) is 118 cm³/mol. The molecule has 2 unspecified atom stereocenters. The predicted octanol–water partition coefficient (Wildman–Crippen LogP) is 6.17. The SMILES string of the molecule is CCCCCCCCC1CC1CCCCCCCC(=O)NCCCN(C)C. The lowest BCUT2D eigenvalue weighted by Gasteiger charge is -2.09. The summed E-state index contributed by atoms with van der Waals surface area (Å²) in [6, 6.07) is 0. The van der Waals surface area contributed by atoms with Gasteiger partial charge in [-0.2, -0.15) is 0 Å². The summed E-state index contributed by atoms with van der Waals surface area (Å²) in [4.78, 5) is 13.9. The molecule has 1 amide bonds. The van der Waals surface area contributed by atoms with Gasteiger partial charge in [0.05, 0.1) is 0 Å². The van der Waals surface area contributed by atoms with Gasteiger partial charge in [0, 0.05) is 13.0 Å². The van der Waals surface area contributed by atoms with Crippen LogP contribution in [0.4, 0.5) is 0 Å².